The summed E-state index contributed by atoms with van der Waals surface area (Å²) in [6, 6.07) is 0. The molecule has 114 valence electrons. The molecule has 0 saturated carbocycles. The number of carboxylic acids is 1. The maximum atomic E-state index is 10.3. The molecule has 0 atom stereocenters. The molecule has 0 radical (unpaired) electrons. The van der Waals surface area contributed by atoms with Gasteiger partial charge in [0.05, 0.1) is 0 Å². The molecule has 0 aromatic carbocycles. The Labute approximate surface area is 124 Å². The molecule has 0 spiro atoms. The summed E-state index contributed by atoms with van der Waals surface area (Å²) in [4.78, 5) is 10.3. The number of carboxylic acid groups (broad SMARTS) is 1. The zero-order valence-corrected chi connectivity index (χ0v) is 12.9. The van der Waals surface area contributed by atoms with E-state index in [9.17, 15) is 4.79 Å². The Hall–Kier alpha value is -1.31. The second-order valence-corrected chi connectivity index (χ2v) is 5.04. The van der Waals surface area contributed by atoms with Gasteiger partial charge in [0, 0.05) is 6.42 Å². The second kappa shape index (κ2) is 15.7. The van der Waals surface area contributed by atoms with Gasteiger partial charge in [-0.1, -0.05) is 56.2 Å². The first-order valence-electron chi connectivity index (χ1n) is 7.95. The predicted molar refractivity (Wildman–Crippen MR) is 86.9 cm³/mol. The molecule has 0 heterocycles. The molecule has 0 aliphatic carbocycles. The van der Waals surface area contributed by atoms with Crippen molar-refractivity contribution in [3.05, 3.63) is 36.5 Å². The Bertz CT molecular complexity index is 301. The van der Waals surface area contributed by atoms with Gasteiger partial charge in [-0.05, 0) is 44.9 Å². The van der Waals surface area contributed by atoms with Gasteiger partial charge in [0.1, 0.15) is 0 Å². The lowest BCUT2D eigenvalue weighted by Crippen LogP contribution is -1.92. The highest BCUT2D eigenvalue weighted by atomic mass is 16.4. The number of allylic oxidation sites excluding steroid dienone is 6. The molecule has 0 amide bonds. The number of aliphatic carboxylic acids is 1. The topological polar surface area (TPSA) is 37.3 Å². The molecule has 1 N–H and O–H groups in total. The van der Waals surface area contributed by atoms with Crippen LogP contribution < -0.4 is 0 Å². The Morgan fingerprint density at radius 2 is 1.35 bits per heavy atom. The maximum Gasteiger partial charge on any atom is 0.303 e. The third-order valence-electron chi connectivity index (χ3n) is 3.03. The van der Waals surface area contributed by atoms with Gasteiger partial charge in [-0.3, -0.25) is 4.79 Å². The van der Waals surface area contributed by atoms with Crippen LogP contribution in [0.5, 0.6) is 0 Å². The van der Waals surface area contributed by atoms with E-state index in [-0.39, 0.29) is 0 Å². The largest absolute Gasteiger partial charge is 0.481 e. The molecule has 0 rings (SSSR count). The third kappa shape index (κ3) is 16.7. The first kappa shape index (κ1) is 18.7. The first-order chi connectivity index (χ1) is 9.77. The van der Waals surface area contributed by atoms with Crippen LogP contribution in [0.3, 0.4) is 0 Å². The minimum absolute atomic E-state index is 0.296. The van der Waals surface area contributed by atoms with Crippen molar-refractivity contribution in [1.29, 1.82) is 0 Å². The summed E-state index contributed by atoms with van der Waals surface area (Å²) in [5.41, 5.74) is 0. The molecule has 0 aliphatic rings. The second-order valence-electron chi connectivity index (χ2n) is 5.04. The quantitative estimate of drug-likeness (QED) is 0.268. The zero-order chi connectivity index (χ0) is 14.9. The average molecular weight is 278 g/mol. The third-order valence-corrected chi connectivity index (χ3v) is 3.03. The monoisotopic (exact) mass is 278 g/mol. The lowest BCUT2D eigenvalue weighted by Gasteiger charge is -1.93. The van der Waals surface area contributed by atoms with E-state index in [1.807, 2.05) is 0 Å². The number of carbonyl (C=O) groups is 1. The summed E-state index contributed by atoms with van der Waals surface area (Å²) in [6.45, 7) is 2.21. The minimum Gasteiger partial charge on any atom is -0.481 e. The molecular weight excluding hydrogens is 248 g/mol. The van der Waals surface area contributed by atoms with Crippen LogP contribution in [0.1, 0.15) is 71.1 Å². The summed E-state index contributed by atoms with van der Waals surface area (Å²) in [6.07, 6.45) is 23.4. The van der Waals surface area contributed by atoms with Crippen LogP contribution in [0.2, 0.25) is 0 Å². The van der Waals surface area contributed by atoms with Crippen LogP contribution in [0, 0.1) is 0 Å². The van der Waals surface area contributed by atoms with Gasteiger partial charge in [-0.25, -0.2) is 0 Å². The number of hydrogen-bond acceptors (Lipinski definition) is 1. The van der Waals surface area contributed by atoms with Gasteiger partial charge in [0.15, 0.2) is 0 Å². The molecule has 0 bridgehead atoms. The lowest BCUT2D eigenvalue weighted by atomic mass is 10.1. The van der Waals surface area contributed by atoms with E-state index in [2.05, 4.69) is 43.4 Å². The highest BCUT2D eigenvalue weighted by Gasteiger charge is 1.94. The smallest absolute Gasteiger partial charge is 0.303 e. The van der Waals surface area contributed by atoms with Crippen LogP contribution in [0.25, 0.3) is 0 Å². The molecule has 20 heavy (non-hydrogen) atoms. The Kier molecular flexibility index (Phi) is 14.7. The number of hydrogen-bond donors (Lipinski definition) is 1. The van der Waals surface area contributed by atoms with E-state index in [1.54, 1.807) is 0 Å². The summed E-state index contributed by atoms with van der Waals surface area (Å²) < 4.78 is 0. The van der Waals surface area contributed by atoms with Crippen LogP contribution in [0.15, 0.2) is 36.5 Å². The molecule has 0 unspecified atom stereocenters. The molecule has 0 aromatic heterocycles. The standard InChI is InChI=1S/C18H30O2/c1-2-3-4-5-6-7-8-9-10-11-12-13-14-15-16-17-18(19)20/h5-8,12-13H,2-4,9-11,14-17H2,1H3,(H,19,20). The van der Waals surface area contributed by atoms with Gasteiger partial charge in [0.25, 0.3) is 0 Å². The van der Waals surface area contributed by atoms with Gasteiger partial charge in [0.2, 0.25) is 0 Å². The highest BCUT2D eigenvalue weighted by Crippen LogP contribution is 2.03. The van der Waals surface area contributed by atoms with Crippen molar-refractivity contribution < 1.29 is 9.90 Å². The summed E-state index contributed by atoms with van der Waals surface area (Å²) in [7, 11) is 0. The molecule has 0 saturated heterocycles. The Morgan fingerprint density at radius 3 is 1.95 bits per heavy atom. The van der Waals surface area contributed by atoms with Gasteiger partial charge >= 0.3 is 5.97 Å². The van der Waals surface area contributed by atoms with Crippen molar-refractivity contribution in [2.45, 2.75) is 71.1 Å². The molecule has 0 aliphatic heterocycles. The van der Waals surface area contributed by atoms with Crippen molar-refractivity contribution in [2.75, 3.05) is 0 Å². The van der Waals surface area contributed by atoms with Crippen LogP contribution in [0.4, 0.5) is 0 Å². The van der Waals surface area contributed by atoms with Crippen LogP contribution >= 0.6 is 0 Å². The minimum atomic E-state index is -0.690. The van der Waals surface area contributed by atoms with Crippen molar-refractivity contribution in [1.82, 2.24) is 0 Å². The normalized spacial score (nSPS) is 12.1. The predicted octanol–water partition coefficient (Wildman–Crippen LogP) is 5.66. The summed E-state index contributed by atoms with van der Waals surface area (Å²) >= 11 is 0. The van der Waals surface area contributed by atoms with Gasteiger partial charge in [-0.2, -0.15) is 0 Å². The fourth-order valence-corrected chi connectivity index (χ4v) is 1.80. The lowest BCUT2D eigenvalue weighted by molar-refractivity contribution is -0.137. The van der Waals surface area contributed by atoms with Gasteiger partial charge < -0.3 is 5.11 Å². The van der Waals surface area contributed by atoms with E-state index in [0.29, 0.717) is 6.42 Å². The van der Waals surface area contributed by atoms with Crippen LogP contribution in [-0.4, -0.2) is 11.1 Å². The van der Waals surface area contributed by atoms with E-state index in [1.165, 1.54) is 25.7 Å². The Balaban J connectivity index is 3.28. The van der Waals surface area contributed by atoms with E-state index < -0.39 is 5.97 Å². The molecule has 0 fully saturated rings. The average Bonchev–Trinajstić information content (AvgIpc) is 2.43. The number of unbranched alkanes of at least 4 members (excludes halogenated alkanes) is 6. The highest BCUT2D eigenvalue weighted by molar-refractivity contribution is 5.66. The molecular formula is C18H30O2. The summed E-state index contributed by atoms with van der Waals surface area (Å²) in [5, 5.41) is 8.49. The van der Waals surface area contributed by atoms with Crippen molar-refractivity contribution >= 4 is 5.97 Å². The number of rotatable bonds is 13. The summed E-state index contributed by atoms with van der Waals surface area (Å²) in [5.74, 6) is -0.690. The zero-order valence-electron chi connectivity index (χ0n) is 12.9. The van der Waals surface area contributed by atoms with E-state index >= 15 is 0 Å². The Morgan fingerprint density at radius 1 is 0.800 bits per heavy atom. The van der Waals surface area contributed by atoms with Crippen LogP contribution in [-0.2, 0) is 4.79 Å². The molecule has 0 aromatic rings. The van der Waals surface area contributed by atoms with Crippen molar-refractivity contribution in [2.24, 2.45) is 0 Å². The van der Waals surface area contributed by atoms with E-state index in [4.69, 9.17) is 5.11 Å². The first-order valence-corrected chi connectivity index (χ1v) is 7.95. The fraction of sp³-hybridized carbons (Fsp3) is 0.611. The van der Waals surface area contributed by atoms with E-state index in [0.717, 1.165) is 32.1 Å². The SMILES string of the molecule is CCCCC=CC=CCCCC=CCCCCC(=O)O. The molecule has 2 nitrogen and oxygen atoms in total. The fourth-order valence-electron chi connectivity index (χ4n) is 1.80. The van der Waals surface area contributed by atoms with Gasteiger partial charge in [-0.15, -0.1) is 0 Å². The van der Waals surface area contributed by atoms with Crippen molar-refractivity contribution in [3.8, 4) is 0 Å². The molecule has 2 heteroatoms. The van der Waals surface area contributed by atoms with Crippen molar-refractivity contribution in [3.63, 3.8) is 0 Å². The maximum absolute atomic E-state index is 10.3.